The fourth-order valence-corrected chi connectivity index (χ4v) is 9.40. The van der Waals surface area contributed by atoms with Crippen molar-refractivity contribution < 1.29 is 18.7 Å². The third kappa shape index (κ3) is 6.50. The maximum atomic E-state index is 16.7. The van der Waals surface area contributed by atoms with E-state index in [1.807, 2.05) is 13.0 Å². The quantitative estimate of drug-likeness (QED) is 0.104. The van der Waals surface area contributed by atoms with Crippen molar-refractivity contribution in [1.82, 2.24) is 40.0 Å². The molecule has 3 aliphatic rings. The van der Waals surface area contributed by atoms with E-state index < -0.39 is 17.5 Å². The number of carbonyl (C=O) groups is 1. The molecule has 2 atom stereocenters. The summed E-state index contributed by atoms with van der Waals surface area (Å²) in [5.41, 5.74) is 0.786. The summed E-state index contributed by atoms with van der Waals surface area (Å²) in [5.74, 6) is -0.746. The zero-order valence-electron chi connectivity index (χ0n) is 26.6. The normalized spacial score (nSPS) is 21.0. The van der Waals surface area contributed by atoms with Gasteiger partial charge in [-0.3, -0.25) is 19.7 Å². The van der Waals surface area contributed by atoms with Gasteiger partial charge < -0.3 is 20.1 Å². The number of aromatic nitrogens is 5. The Kier molecular flexibility index (Phi) is 9.82. The van der Waals surface area contributed by atoms with Gasteiger partial charge in [0.15, 0.2) is 5.82 Å². The number of hydrogen-bond donors (Lipinski definition) is 3. The van der Waals surface area contributed by atoms with Crippen molar-refractivity contribution in [3.05, 3.63) is 45.2 Å². The van der Waals surface area contributed by atoms with E-state index in [9.17, 15) is 9.59 Å². The van der Waals surface area contributed by atoms with Gasteiger partial charge in [-0.1, -0.05) is 11.6 Å². The second kappa shape index (κ2) is 13.9. The van der Waals surface area contributed by atoms with E-state index in [2.05, 4.69) is 57.6 Å². The monoisotopic (exact) mass is 810 g/mol. The van der Waals surface area contributed by atoms with Crippen LogP contribution in [0.3, 0.4) is 0 Å². The molecule has 3 N–H and O–H groups in total. The van der Waals surface area contributed by atoms with Crippen LogP contribution in [0.25, 0.3) is 33.1 Å². The Labute approximate surface area is 296 Å². The molecule has 3 aromatic heterocycles. The third-order valence-electron chi connectivity index (χ3n) is 10.0. The number of benzene rings is 1. The van der Waals surface area contributed by atoms with Gasteiger partial charge >= 0.3 is 6.09 Å². The van der Waals surface area contributed by atoms with E-state index in [0.717, 1.165) is 63.7 Å². The molecule has 12 nitrogen and oxygen atoms in total. The molecule has 256 valence electrons. The number of halogens is 3. The molecule has 0 bridgehead atoms. The van der Waals surface area contributed by atoms with Crippen molar-refractivity contribution >= 4 is 67.9 Å². The van der Waals surface area contributed by atoms with Crippen molar-refractivity contribution in [2.24, 2.45) is 0 Å². The fraction of sp³-hybridized carbons (Fsp3) is 0.531. The maximum Gasteiger partial charge on any atom is 0.407 e. The van der Waals surface area contributed by atoms with Crippen LogP contribution >= 0.6 is 40.0 Å². The first-order chi connectivity index (χ1) is 23.2. The van der Waals surface area contributed by atoms with Gasteiger partial charge in [0.25, 0.3) is 11.6 Å². The van der Waals surface area contributed by atoms with Crippen molar-refractivity contribution in [2.45, 2.75) is 69.4 Å². The first kappa shape index (κ1) is 33.8. The Morgan fingerprint density at radius 3 is 2.77 bits per heavy atom. The van der Waals surface area contributed by atoms with Gasteiger partial charge in [0.05, 0.1) is 41.2 Å². The number of nitrogens with one attached hydrogen (secondary N) is 3. The summed E-state index contributed by atoms with van der Waals surface area (Å²) < 4.78 is 30.1. The number of hydrogen-bond acceptors (Lipinski definition) is 9. The Morgan fingerprint density at radius 1 is 1.21 bits per heavy atom. The Bertz CT molecular complexity index is 1910. The van der Waals surface area contributed by atoms with Crippen molar-refractivity contribution in [1.29, 1.82) is 0 Å². The van der Waals surface area contributed by atoms with Crippen molar-refractivity contribution in [3.63, 3.8) is 0 Å². The number of aromatic amines is 1. The summed E-state index contributed by atoms with van der Waals surface area (Å²) in [6.07, 6.45) is 9.77. The molecule has 7 rings (SSSR count). The van der Waals surface area contributed by atoms with Crippen molar-refractivity contribution in [3.8, 4) is 17.3 Å². The standard InChI is InChI=1S/C32H38ClFIN8O4P/c1-31(7-3-10-36-17-31)41-30(45)46-13-2-6-19-22(33)14-23-20(16-38-43(23)48-35)24(19)27-25(34)26-21(15-37-27)28(44)40-29(39-26)47-18-32-8-4-11-42(32)12-5-9-32/h14-16,36,48H,2-13,17-18H2,1H3,(H,41,45)(H,39,40,44). The highest BCUT2D eigenvalue weighted by atomic mass is 127. The van der Waals surface area contributed by atoms with E-state index in [1.54, 1.807) is 10.6 Å². The molecule has 0 saturated carbocycles. The molecule has 16 heteroatoms. The fourth-order valence-electron chi connectivity index (χ4n) is 7.57. The third-order valence-corrected chi connectivity index (χ3v) is 12.2. The maximum absolute atomic E-state index is 16.7. The summed E-state index contributed by atoms with van der Waals surface area (Å²) >= 11 is 9.12. The average molecular weight is 811 g/mol. The summed E-state index contributed by atoms with van der Waals surface area (Å²) in [4.78, 5) is 39.7. The summed E-state index contributed by atoms with van der Waals surface area (Å²) in [5, 5.41) is 11.9. The molecule has 6 heterocycles. The smallest absolute Gasteiger partial charge is 0.407 e. The van der Waals surface area contributed by atoms with Gasteiger partial charge in [0.1, 0.15) is 17.8 Å². The summed E-state index contributed by atoms with van der Waals surface area (Å²) in [6, 6.07) is 1.81. The largest absolute Gasteiger partial charge is 0.463 e. The predicted octanol–water partition coefficient (Wildman–Crippen LogP) is 5.73. The number of fused-ring (bicyclic) bond motifs is 3. The molecular weight excluding hydrogens is 773 g/mol. The summed E-state index contributed by atoms with van der Waals surface area (Å²) in [7, 11) is 0. The van der Waals surface area contributed by atoms with Crippen LogP contribution in [0.4, 0.5) is 9.18 Å². The molecular formula is C32H38ClFIN8O4P. The van der Waals surface area contributed by atoms with Crippen LogP contribution in [0.2, 0.25) is 5.02 Å². The van der Waals surface area contributed by atoms with Gasteiger partial charge in [-0.15, -0.1) is 0 Å². The number of piperidine rings is 1. The topological polar surface area (TPSA) is 139 Å². The number of pyridine rings is 1. The van der Waals surface area contributed by atoms with Crippen LogP contribution in [0.15, 0.2) is 23.3 Å². The molecule has 1 aromatic carbocycles. The molecule has 48 heavy (non-hydrogen) atoms. The van der Waals surface area contributed by atoms with Crippen LogP contribution in [0.5, 0.6) is 6.01 Å². The molecule has 0 aliphatic carbocycles. The van der Waals surface area contributed by atoms with Gasteiger partial charge in [-0.2, -0.15) is 10.1 Å². The lowest BCUT2D eigenvalue weighted by Crippen LogP contribution is -2.55. The van der Waals surface area contributed by atoms with Crippen LogP contribution in [-0.2, 0) is 11.2 Å². The first-order valence-electron chi connectivity index (χ1n) is 16.4. The van der Waals surface area contributed by atoms with E-state index in [-0.39, 0.29) is 46.7 Å². The van der Waals surface area contributed by atoms with E-state index in [4.69, 9.17) is 21.1 Å². The van der Waals surface area contributed by atoms with E-state index >= 15 is 4.39 Å². The lowest BCUT2D eigenvalue weighted by Gasteiger charge is -2.34. The average Bonchev–Trinajstić information content (AvgIpc) is 3.77. The highest BCUT2D eigenvalue weighted by molar-refractivity contribution is 14.2. The lowest BCUT2D eigenvalue weighted by atomic mass is 9.93. The number of rotatable bonds is 10. The zero-order valence-corrected chi connectivity index (χ0v) is 30.5. The Morgan fingerprint density at radius 2 is 2.02 bits per heavy atom. The Hall–Kier alpha value is -2.65. The highest BCUT2D eigenvalue weighted by Gasteiger charge is 2.45. The van der Waals surface area contributed by atoms with Gasteiger partial charge in [0, 0.05) is 28.7 Å². The van der Waals surface area contributed by atoms with E-state index in [0.29, 0.717) is 47.5 Å². The van der Waals surface area contributed by atoms with Gasteiger partial charge in [-0.05, 0) is 112 Å². The first-order valence-corrected chi connectivity index (χ1v) is 20.8. The Balaban J connectivity index is 1.18. The minimum absolute atomic E-state index is 0.0122. The molecule has 4 aromatic rings. The minimum Gasteiger partial charge on any atom is -0.463 e. The molecule has 0 spiro atoms. The molecule has 3 fully saturated rings. The number of H-pyrrole nitrogens is 1. The number of ether oxygens (including phenoxy) is 2. The molecule has 0 radical (unpaired) electrons. The molecule has 3 aliphatic heterocycles. The second-order valence-electron chi connectivity index (χ2n) is 13.3. The number of nitrogens with zero attached hydrogens (tertiary/aromatic N) is 5. The van der Waals surface area contributed by atoms with Crippen LogP contribution in [0, 0.1) is 5.82 Å². The highest BCUT2D eigenvalue weighted by Crippen LogP contribution is 2.42. The van der Waals surface area contributed by atoms with Gasteiger partial charge in [-0.25, -0.2) is 13.6 Å². The lowest BCUT2D eigenvalue weighted by molar-refractivity contribution is 0.107. The number of alkyl carbamates (subject to hydrolysis) is 1. The minimum atomic E-state index is -0.746. The zero-order chi connectivity index (χ0) is 33.5. The van der Waals surface area contributed by atoms with Crippen LogP contribution < -0.4 is 20.9 Å². The second-order valence-corrected chi connectivity index (χ2v) is 15.7. The number of amides is 1. The van der Waals surface area contributed by atoms with Gasteiger partial charge in [0.2, 0.25) is 0 Å². The van der Waals surface area contributed by atoms with Crippen molar-refractivity contribution in [2.75, 3.05) is 39.4 Å². The molecule has 3 saturated heterocycles. The predicted molar refractivity (Wildman–Crippen MR) is 193 cm³/mol. The molecule has 2 unspecified atom stereocenters. The van der Waals surface area contributed by atoms with Crippen LogP contribution in [-0.4, -0.2) is 86.0 Å². The van der Waals surface area contributed by atoms with E-state index in [1.165, 1.54) is 6.20 Å². The number of carbonyl (C=O) groups excluding carboxylic acids is 1. The SMILES string of the molecule is CC1(NC(=O)OCCCc2c(Cl)cc3c(cnn3PI)c2-c2ncc3c(=O)[nH]c(OCC45CCCN4CCC5)nc3c2F)CCCNC1. The molecule has 1 amide bonds. The summed E-state index contributed by atoms with van der Waals surface area (Å²) in [6.45, 7) is 6.22. The van der Waals surface area contributed by atoms with Crippen LogP contribution in [0.1, 0.15) is 57.4 Å².